The molecule has 0 amide bonds. The molecule has 326 valence electrons. The lowest BCUT2D eigenvalue weighted by Gasteiger charge is -2.43. The predicted molar refractivity (Wildman–Crippen MR) is 263 cm³/mol. The van der Waals surface area contributed by atoms with E-state index in [1.807, 2.05) is 0 Å². The van der Waals surface area contributed by atoms with Crippen LogP contribution in [0.4, 0.5) is 34.1 Å². The van der Waals surface area contributed by atoms with Crippen LogP contribution in [0.2, 0.25) is 0 Å². The number of carbonyl (C=O) groups is 2. The summed E-state index contributed by atoms with van der Waals surface area (Å²) in [6, 6.07) is 45.3. The first-order valence-electron chi connectivity index (χ1n) is 22.5. The van der Waals surface area contributed by atoms with Crippen molar-refractivity contribution < 1.29 is 19.1 Å². The highest BCUT2D eigenvalue weighted by atomic mass is 16.5. The third-order valence-electron chi connectivity index (χ3n) is 13.1. The van der Waals surface area contributed by atoms with E-state index >= 15 is 0 Å². The second-order valence-electron chi connectivity index (χ2n) is 18.8. The van der Waals surface area contributed by atoms with Crippen LogP contribution in [0, 0.1) is 13.8 Å². The second-order valence-corrected chi connectivity index (χ2v) is 18.8. The number of nitrogens with zero attached hydrogens (tertiary/aromatic N) is 2. The van der Waals surface area contributed by atoms with Crippen molar-refractivity contribution in [2.75, 3.05) is 23.0 Å². The molecule has 8 rings (SSSR count). The van der Waals surface area contributed by atoms with Gasteiger partial charge >= 0.3 is 11.9 Å². The lowest BCUT2D eigenvalue weighted by Crippen LogP contribution is -2.31. The van der Waals surface area contributed by atoms with Gasteiger partial charge in [-0.15, -0.1) is 0 Å². The highest BCUT2D eigenvalue weighted by Crippen LogP contribution is 2.55. The Hall–Kier alpha value is -6.66. The molecule has 6 nitrogen and oxygen atoms in total. The molecule has 6 aromatic rings. The average Bonchev–Trinajstić information content (AvgIpc) is 3.27. The highest BCUT2D eigenvalue weighted by molar-refractivity contribution is 5.92. The first-order chi connectivity index (χ1) is 30.5. The summed E-state index contributed by atoms with van der Waals surface area (Å²) in [5.41, 5.74) is 19.6. The molecular formula is C58H60N2O4. The SMILES string of the molecule is C=C(C)C(=O)OCCCc1ccc(N2c3cc(-c4ccc5c(c4)N(c4ccc(CCCOC(=O)C(=C)C)cc4)c4ccc(C)cc4C5(C)C)ccc3C(C)(C)c3cc(C)ccc32)cc1. The van der Waals surface area contributed by atoms with Gasteiger partial charge in [0.05, 0.1) is 36.0 Å². The van der Waals surface area contributed by atoms with E-state index in [0.717, 1.165) is 48.2 Å². The normalized spacial score (nSPS) is 14.1. The van der Waals surface area contributed by atoms with Crippen molar-refractivity contribution in [2.45, 2.75) is 91.9 Å². The van der Waals surface area contributed by atoms with Gasteiger partial charge < -0.3 is 19.3 Å². The van der Waals surface area contributed by atoms with Crippen LogP contribution in [0.1, 0.15) is 98.9 Å². The second kappa shape index (κ2) is 17.5. The molecule has 0 aliphatic carbocycles. The molecule has 0 unspecified atom stereocenters. The Kier molecular flexibility index (Phi) is 12.0. The Morgan fingerprint density at radius 2 is 0.859 bits per heavy atom. The van der Waals surface area contributed by atoms with E-state index in [2.05, 4.69) is 186 Å². The minimum Gasteiger partial charge on any atom is -0.462 e. The quantitative estimate of drug-likeness (QED) is 0.0655. The van der Waals surface area contributed by atoms with E-state index in [1.165, 1.54) is 67.3 Å². The van der Waals surface area contributed by atoms with Gasteiger partial charge in [0.25, 0.3) is 0 Å². The third kappa shape index (κ3) is 8.42. The molecule has 0 N–H and O–H groups in total. The first kappa shape index (κ1) is 44.0. The Balaban J connectivity index is 1.16. The zero-order valence-electron chi connectivity index (χ0n) is 38.7. The summed E-state index contributed by atoms with van der Waals surface area (Å²) in [5, 5.41) is 0. The molecule has 0 aromatic heterocycles. The Labute approximate surface area is 379 Å². The number of hydrogen-bond acceptors (Lipinski definition) is 6. The Morgan fingerprint density at radius 3 is 1.22 bits per heavy atom. The third-order valence-corrected chi connectivity index (χ3v) is 13.1. The topological polar surface area (TPSA) is 59.1 Å². The summed E-state index contributed by atoms with van der Waals surface area (Å²) in [7, 11) is 0. The average molecular weight is 849 g/mol. The van der Waals surface area contributed by atoms with Crippen molar-refractivity contribution in [3.63, 3.8) is 0 Å². The number of anilines is 6. The van der Waals surface area contributed by atoms with E-state index in [1.54, 1.807) is 13.8 Å². The summed E-state index contributed by atoms with van der Waals surface area (Å²) in [6.07, 6.45) is 3.10. The fraction of sp³-hybridized carbons (Fsp3) is 0.276. The zero-order chi connectivity index (χ0) is 45.5. The van der Waals surface area contributed by atoms with Gasteiger partial charge in [-0.2, -0.15) is 0 Å². The van der Waals surface area contributed by atoms with Crippen molar-refractivity contribution >= 4 is 46.1 Å². The number of carbonyl (C=O) groups excluding carboxylic acids is 2. The minimum absolute atomic E-state index is 0.230. The van der Waals surface area contributed by atoms with E-state index in [9.17, 15) is 9.59 Å². The van der Waals surface area contributed by atoms with Crippen LogP contribution in [-0.4, -0.2) is 25.2 Å². The summed E-state index contributed by atoms with van der Waals surface area (Å²) < 4.78 is 10.7. The van der Waals surface area contributed by atoms with Crippen molar-refractivity contribution in [3.8, 4) is 11.1 Å². The Bertz CT molecular complexity index is 2600. The van der Waals surface area contributed by atoms with E-state index in [4.69, 9.17) is 9.47 Å². The summed E-state index contributed by atoms with van der Waals surface area (Å²) in [4.78, 5) is 28.7. The molecule has 6 aromatic carbocycles. The molecular weight excluding hydrogens is 789 g/mol. The van der Waals surface area contributed by atoms with E-state index in [0.29, 0.717) is 24.4 Å². The fourth-order valence-corrected chi connectivity index (χ4v) is 9.40. The van der Waals surface area contributed by atoms with Crippen molar-refractivity contribution in [1.82, 2.24) is 0 Å². The number of fused-ring (bicyclic) bond motifs is 4. The molecule has 2 aliphatic heterocycles. The maximum Gasteiger partial charge on any atom is 0.333 e. The predicted octanol–water partition coefficient (Wildman–Crippen LogP) is 14.3. The lowest BCUT2D eigenvalue weighted by molar-refractivity contribution is -0.139. The number of hydrogen-bond donors (Lipinski definition) is 0. The van der Waals surface area contributed by atoms with Crippen molar-refractivity contribution in [2.24, 2.45) is 0 Å². The van der Waals surface area contributed by atoms with Gasteiger partial charge in [-0.1, -0.05) is 125 Å². The minimum atomic E-state index is -0.341. The van der Waals surface area contributed by atoms with Crippen LogP contribution in [0.25, 0.3) is 11.1 Å². The van der Waals surface area contributed by atoms with Gasteiger partial charge in [-0.25, -0.2) is 9.59 Å². The highest BCUT2D eigenvalue weighted by Gasteiger charge is 2.39. The molecule has 0 bridgehead atoms. The number of ether oxygens (including phenoxy) is 2. The van der Waals surface area contributed by atoms with Crippen LogP contribution in [0.15, 0.2) is 146 Å². The van der Waals surface area contributed by atoms with Gasteiger partial charge in [-0.3, -0.25) is 0 Å². The van der Waals surface area contributed by atoms with Gasteiger partial charge in [-0.05, 0) is 146 Å². The van der Waals surface area contributed by atoms with Crippen LogP contribution in [-0.2, 0) is 42.7 Å². The van der Waals surface area contributed by atoms with E-state index < -0.39 is 0 Å². The van der Waals surface area contributed by atoms with Crippen LogP contribution in [0.3, 0.4) is 0 Å². The van der Waals surface area contributed by atoms with Crippen LogP contribution < -0.4 is 9.80 Å². The van der Waals surface area contributed by atoms with Crippen LogP contribution >= 0.6 is 0 Å². The van der Waals surface area contributed by atoms with Crippen LogP contribution in [0.5, 0.6) is 0 Å². The molecule has 0 spiro atoms. The maximum absolute atomic E-state index is 11.9. The summed E-state index contributed by atoms with van der Waals surface area (Å²) >= 11 is 0. The molecule has 6 heteroatoms. The number of rotatable bonds is 13. The molecule has 0 atom stereocenters. The molecule has 2 aliphatic rings. The molecule has 0 radical (unpaired) electrons. The van der Waals surface area contributed by atoms with Gasteiger partial charge in [0.15, 0.2) is 0 Å². The van der Waals surface area contributed by atoms with Crippen molar-refractivity contribution in [1.29, 1.82) is 0 Å². The summed E-state index contributed by atoms with van der Waals surface area (Å²) in [6.45, 7) is 25.1. The first-order valence-corrected chi connectivity index (χ1v) is 22.5. The monoisotopic (exact) mass is 848 g/mol. The Morgan fingerprint density at radius 1 is 0.484 bits per heavy atom. The van der Waals surface area contributed by atoms with Gasteiger partial charge in [0.2, 0.25) is 0 Å². The smallest absolute Gasteiger partial charge is 0.333 e. The zero-order valence-corrected chi connectivity index (χ0v) is 38.7. The largest absolute Gasteiger partial charge is 0.462 e. The van der Waals surface area contributed by atoms with Gasteiger partial charge in [0.1, 0.15) is 0 Å². The molecule has 0 saturated carbocycles. The standard InChI is InChI=1S/C58H60N2O4/c1-37(2)55(61)63-31-11-13-41-17-23-45(24-18-41)59-51-29-15-39(5)33-49(51)57(7,8)47-27-21-43(35-53(47)59)44-22-28-48-54(36-44)60(52-30-16-40(6)34-50(52)58(48,9)10)46-25-19-42(20-26-46)14-12-32-64-56(62)38(3)4/h15-30,33-36H,1,3,11-14,31-32H2,2,4-10H3. The number of esters is 2. The molecule has 0 fully saturated rings. The maximum atomic E-state index is 11.9. The van der Waals surface area contributed by atoms with Gasteiger partial charge in [0, 0.05) is 33.4 Å². The molecule has 0 saturated heterocycles. The fourth-order valence-electron chi connectivity index (χ4n) is 9.40. The number of aryl methyl sites for hydroxylation is 4. The van der Waals surface area contributed by atoms with E-state index in [-0.39, 0.29) is 22.8 Å². The molecule has 64 heavy (non-hydrogen) atoms. The number of benzene rings is 6. The molecule has 2 heterocycles. The van der Waals surface area contributed by atoms with Crippen molar-refractivity contribution in [3.05, 3.63) is 190 Å². The lowest BCUT2D eigenvalue weighted by atomic mass is 9.72. The summed E-state index contributed by atoms with van der Waals surface area (Å²) in [5.74, 6) is -0.682.